The highest BCUT2D eigenvalue weighted by Gasteiger charge is 2.43. The Morgan fingerprint density at radius 1 is 1.00 bits per heavy atom. The van der Waals surface area contributed by atoms with Gasteiger partial charge < -0.3 is 47.5 Å². The minimum Gasteiger partial charge on any atom is -0.507 e. The molecule has 2 aromatic heterocycles. The first kappa shape index (κ1) is 50.1. The van der Waals surface area contributed by atoms with E-state index in [1.807, 2.05) is 93.9 Å². The number of ether oxygens (including phenoxy) is 1. The van der Waals surface area contributed by atoms with E-state index in [0.29, 0.717) is 73.7 Å². The number of alkyl halides is 1. The first-order valence-electron chi connectivity index (χ1n) is 22.6. The van der Waals surface area contributed by atoms with Gasteiger partial charge in [0.25, 0.3) is 0 Å². The summed E-state index contributed by atoms with van der Waals surface area (Å²) in [6.07, 6.45) is 2.77. The van der Waals surface area contributed by atoms with E-state index in [4.69, 9.17) is 21.9 Å². The van der Waals surface area contributed by atoms with Gasteiger partial charge in [0.15, 0.2) is 17.8 Å². The number of nitrogens with zero attached hydrogens (tertiary/aromatic N) is 6. The van der Waals surface area contributed by atoms with E-state index < -0.39 is 11.7 Å². The first-order chi connectivity index (χ1) is 32.0. The van der Waals surface area contributed by atoms with Crippen LogP contribution in [0.2, 0.25) is 0 Å². The number of likely N-dealkylation sites (N-methyl/N-ethyl adjacent to an activating group) is 1. The van der Waals surface area contributed by atoms with Crippen molar-refractivity contribution < 1.29 is 28.6 Å². The van der Waals surface area contributed by atoms with Crippen LogP contribution in [0, 0.1) is 12.3 Å². The normalized spacial score (nSPS) is 17.0. The van der Waals surface area contributed by atoms with Gasteiger partial charge in [-0.05, 0) is 92.6 Å². The van der Waals surface area contributed by atoms with Gasteiger partial charge in [-0.3, -0.25) is 19.3 Å². The summed E-state index contributed by atoms with van der Waals surface area (Å²) >= 11 is 1.58. The number of nitrogen functional groups attached to an aromatic ring is 3. The number of nitrogens with one attached hydrogen (secondary N) is 2. The number of nitrogens with two attached hydrogens (primary N) is 3. The molecule has 1 saturated carbocycles. The van der Waals surface area contributed by atoms with E-state index in [9.17, 15) is 23.9 Å². The molecule has 1 unspecified atom stereocenters. The topological polar surface area (TPSA) is 231 Å². The molecule has 3 aromatic carbocycles. The summed E-state index contributed by atoms with van der Waals surface area (Å²) in [5.74, 6) is 1.22. The van der Waals surface area contributed by atoms with Crippen molar-refractivity contribution >= 4 is 52.3 Å². The number of para-hydroxylation sites is 1. The molecule has 2 saturated heterocycles. The van der Waals surface area contributed by atoms with Crippen LogP contribution < -0.4 is 37.5 Å². The lowest BCUT2D eigenvalue weighted by atomic mass is 9.86. The standard InChI is InChI=1S/C23H33N5O2S.C22H26N6O2.C4H5FO/c1-14-19(31-13-27-14)15-8-9-16(17(24)11-15)12-26-21(29)18-7-6-10-28(18)22(30)20(25-5)23(2,3)4;23-16-4-3-5-17(14-16)30-13-12-27-8-10-28(11-9-27)20-15-19(25-26-22(20)24)18-6-1-2-7-21(18)29;5-4(3-6)1-2-4/h8-9,11,13,18,20,25H,6-7,10,12,24H2,1-5H3,(H,26,29);1-7,14-15,29H,8-13,23H2,(H2,24,26);3H,1-2H2/t18?,20-;;/m1../s1. The Balaban J connectivity index is 0.000000196. The molecule has 8 rings (SSSR count). The lowest BCUT2D eigenvalue weighted by Gasteiger charge is -2.36. The third-order valence-corrected chi connectivity index (χ3v) is 13.0. The van der Waals surface area contributed by atoms with E-state index >= 15 is 0 Å². The molecule has 2 atom stereocenters. The largest absolute Gasteiger partial charge is 0.507 e. The maximum absolute atomic E-state index is 13.1. The number of aryl methyl sites for hydroxylation is 1. The smallest absolute Gasteiger partial charge is 0.243 e. The molecular weight excluding hydrogens is 874 g/mol. The molecule has 9 N–H and O–H groups in total. The maximum Gasteiger partial charge on any atom is 0.243 e. The lowest BCUT2D eigenvalue weighted by Crippen LogP contribution is -2.55. The van der Waals surface area contributed by atoms with Crippen LogP contribution in [0.4, 0.5) is 27.3 Å². The Hall–Kier alpha value is -6.37. The number of phenols is 1. The molecule has 5 aromatic rings. The van der Waals surface area contributed by atoms with E-state index in [1.54, 1.807) is 35.4 Å². The van der Waals surface area contributed by atoms with Gasteiger partial charge in [0.1, 0.15) is 24.1 Å². The number of carbonyl (C=O) groups is 3. The van der Waals surface area contributed by atoms with Crippen LogP contribution in [-0.4, -0.2) is 119 Å². The van der Waals surface area contributed by atoms with Crippen LogP contribution in [0.15, 0.2) is 78.3 Å². The number of likely N-dealkylation sites (tertiary alicyclic amines) is 1. The number of aldehydes is 1. The monoisotopic (exact) mass is 937 g/mol. The van der Waals surface area contributed by atoms with Crippen molar-refractivity contribution in [2.24, 2.45) is 5.41 Å². The summed E-state index contributed by atoms with van der Waals surface area (Å²) in [6.45, 7) is 13.9. The minimum atomic E-state index is -1.39. The van der Waals surface area contributed by atoms with Crippen LogP contribution in [0.25, 0.3) is 21.7 Å². The number of piperazine rings is 1. The van der Waals surface area contributed by atoms with Crippen molar-refractivity contribution in [2.75, 3.05) is 75.0 Å². The van der Waals surface area contributed by atoms with Gasteiger partial charge in [-0.2, -0.15) is 0 Å². The van der Waals surface area contributed by atoms with E-state index in [1.165, 1.54) is 0 Å². The number of phenolic OH excluding ortho intramolecular Hbond substituents is 1. The fraction of sp³-hybridized carbons (Fsp3) is 0.429. The molecule has 3 fully saturated rings. The SMILES string of the molecule is CN[C@H](C(=O)N1CCCC1C(=O)NCc1ccc(-c2scnc2C)cc1N)C(C)(C)C.Nc1cccc(OCCN2CCN(c3cc(-c4ccccc4O)nnc3N)CC2)c1.O=CC1(F)CC1. The van der Waals surface area contributed by atoms with Crippen molar-refractivity contribution in [3.8, 4) is 33.2 Å². The second-order valence-electron chi connectivity index (χ2n) is 18.1. The lowest BCUT2D eigenvalue weighted by molar-refractivity contribution is -0.142. The Morgan fingerprint density at radius 2 is 1.75 bits per heavy atom. The number of halogens is 1. The van der Waals surface area contributed by atoms with Gasteiger partial charge in [-0.25, -0.2) is 9.37 Å². The van der Waals surface area contributed by atoms with Crippen LogP contribution >= 0.6 is 11.3 Å². The predicted octanol–water partition coefficient (Wildman–Crippen LogP) is 5.84. The molecule has 2 aliphatic heterocycles. The van der Waals surface area contributed by atoms with Crippen molar-refractivity contribution in [3.05, 3.63) is 89.6 Å². The van der Waals surface area contributed by atoms with Crippen molar-refractivity contribution in [1.29, 1.82) is 0 Å². The third kappa shape index (κ3) is 13.4. The Labute approximate surface area is 396 Å². The second kappa shape index (κ2) is 22.4. The number of hydrogen-bond donors (Lipinski definition) is 6. The Kier molecular flexibility index (Phi) is 16.7. The summed E-state index contributed by atoms with van der Waals surface area (Å²) in [5, 5.41) is 24.5. The molecular formula is C49H64FN11O5S. The zero-order chi connectivity index (χ0) is 48.3. The van der Waals surface area contributed by atoms with Gasteiger partial charge in [0.2, 0.25) is 11.8 Å². The summed E-state index contributed by atoms with van der Waals surface area (Å²) < 4.78 is 17.7. The quantitative estimate of drug-likeness (QED) is 0.0602. The average Bonchev–Trinajstić information content (AvgIpc) is 3.61. The first-order valence-corrected chi connectivity index (χ1v) is 23.4. The average molecular weight is 938 g/mol. The second-order valence-corrected chi connectivity index (χ2v) is 18.9. The van der Waals surface area contributed by atoms with Crippen LogP contribution in [0.5, 0.6) is 11.5 Å². The maximum atomic E-state index is 13.1. The van der Waals surface area contributed by atoms with Crippen LogP contribution in [0.3, 0.4) is 0 Å². The molecule has 358 valence electrons. The fourth-order valence-corrected chi connectivity index (χ4v) is 8.79. The number of benzene rings is 3. The van der Waals surface area contributed by atoms with E-state index in [0.717, 1.165) is 72.3 Å². The predicted molar refractivity (Wildman–Crippen MR) is 263 cm³/mol. The van der Waals surface area contributed by atoms with Crippen molar-refractivity contribution in [3.63, 3.8) is 0 Å². The third-order valence-electron chi connectivity index (χ3n) is 12.0. The highest BCUT2D eigenvalue weighted by molar-refractivity contribution is 7.13. The van der Waals surface area contributed by atoms with Gasteiger partial charge >= 0.3 is 0 Å². The minimum absolute atomic E-state index is 0.0172. The molecule has 0 radical (unpaired) electrons. The summed E-state index contributed by atoms with van der Waals surface area (Å²) in [5.41, 5.74) is 24.6. The summed E-state index contributed by atoms with van der Waals surface area (Å²) in [4.78, 5) is 47.2. The van der Waals surface area contributed by atoms with Crippen molar-refractivity contribution in [2.45, 2.75) is 77.7 Å². The summed E-state index contributed by atoms with van der Waals surface area (Å²) in [6, 6.07) is 21.6. The van der Waals surface area contributed by atoms with Crippen LogP contribution in [-0.2, 0) is 20.9 Å². The van der Waals surface area contributed by atoms with Gasteiger partial charge in [-0.15, -0.1) is 21.5 Å². The van der Waals surface area contributed by atoms with Gasteiger partial charge in [0.05, 0.1) is 33.5 Å². The van der Waals surface area contributed by atoms with Gasteiger partial charge in [-0.1, -0.05) is 51.1 Å². The Bertz CT molecular complexity index is 2470. The fourth-order valence-electron chi connectivity index (χ4n) is 7.99. The van der Waals surface area contributed by atoms with Crippen LogP contribution in [0.1, 0.15) is 57.7 Å². The number of aromatic hydroxyl groups is 1. The molecule has 0 spiro atoms. The Morgan fingerprint density at radius 3 is 2.36 bits per heavy atom. The zero-order valence-corrected chi connectivity index (χ0v) is 39.8. The molecule has 18 heteroatoms. The highest BCUT2D eigenvalue weighted by atomic mass is 32.1. The molecule has 3 aliphatic rings. The number of carbonyl (C=O) groups excluding carboxylic acids is 3. The molecule has 2 amide bonds. The molecule has 16 nitrogen and oxygen atoms in total. The van der Waals surface area contributed by atoms with E-state index in [2.05, 4.69) is 35.6 Å². The zero-order valence-electron chi connectivity index (χ0n) is 39.0. The van der Waals surface area contributed by atoms with E-state index in [-0.39, 0.29) is 29.0 Å². The molecule has 1 aliphatic carbocycles. The van der Waals surface area contributed by atoms with Gasteiger partial charge in [0, 0.05) is 68.8 Å². The van der Waals surface area contributed by atoms with Crippen molar-refractivity contribution in [1.82, 2.24) is 35.6 Å². The summed E-state index contributed by atoms with van der Waals surface area (Å²) in [7, 11) is 1.79. The number of aromatic nitrogens is 3. The number of amides is 2. The molecule has 4 heterocycles. The number of thiazole rings is 1. The molecule has 67 heavy (non-hydrogen) atoms. The number of rotatable bonds is 13. The number of hydrogen-bond acceptors (Lipinski definition) is 15. The number of anilines is 4. The highest BCUT2D eigenvalue weighted by Crippen LogP contribution is 2.37. The molecule has 0 bridgehead atoms.